The molecule has 0 aliphatic rings. The summed E-state index contributed by atoms with van der Waals surface area (Å²) in [5.41, 5.74) is 1.12. The molecule has 3 nitrogen and oxygen atoms in total. The number of para-hydroxylation sites is 1. The molecule has 0 aromatic heterocycles. The van der Waals surface area contributed by atoms with Crippen LogP contribution in [0.5, 0.6) is 0 Å². The number of carbonyl (C=O) groups is 1. The highest BCUT2D eigenvalue weighted by Crippen LogP contribution is 2.12. The Morgan fingerprint density at radius 1 is 1.05 bits per heavy atom. The molecule has 0 saturated carbocycles. The van der Waals surface area contributed by atoms with Crippen molar-refractivity contribution in [3.05, 3.63) is 66.0 Å². The molecule has 0 atom stereocenters. The molecular formula is C15H13FN2OS. The third-order valence-corrected chi connectivity index (χ3v) is 2.95. The number of thiocarbonyl (C=S) groups is 1. The maximum atomic E-state index is 13.4. The van der Waals surface area contributed by atoms with Crippen molar-refractivity contribution in [2.45, 2.75) is 6.54 Å². The molecular weight excluding hydrogens is 275 g/mol. The van der Waals surface area contributed by atoms with Gasteiger partial charge in [-0.2, -0.15) is 0 Å². The van der Waals surface area contributed by atoms with Gasteiger partial charge in [0.05, 0.1) is 5.69 Å². The standard InChI is InChI=1S/C15H13FN2OS/c16-12-8-4-5-9-13(12)18-14(19)15(20)17-10-11-6-2-1-3-7-11/h1-9H,10H2,(H,17,20)(H,18,19). The van der Waals surface area contributed by atoms with Gasteiger partial charge in [-0.1, -0.05) is 54.7 Å². The minimum Gasteiger partial charge on any atom is -0.368 e. The highest BCUT2D eigenvalue weighted by Gasteiger charge is 2.11. The molecule has 0 aliphatic heterocycles. The molecule has 2 rings (SSSR count). The first-order chi connectivity index (χ1) is 9.66. The molecule has 20 heavy (non-hydrogen) atoms. The minimum absolute atomic E-state index is 0.0251. The monoisotopic (exact) mass is 288 g/mol. The molecule has 0 spiro atoms. The molecule has 2 aromatic carbocycles. The lowest BCUT2D eigenvalue weighted by Crippen LogP contribution is -2.33. The van der Waals surface area contributed by atoms with Crippen molar-refractivity contribution in [1.82, 2.24) is 5.32 Å². The Balaban J connectivity index is 1.90. The third kappa shape index (κ3) is 3.86. The Labute approximate surface area is 121 Å². The largest absolute Gasteiger partial charge is 0.368 e. The zero-order valence-electron chi connectivity index (χ0n) is 10.6. The van der Waals surface area contributed by atoms with Gasteiger partial charge in [0.1, 0.15) is 5.82 Å². The Hall–Kier alpha value is -2.27. The number of benzene rings is 2. The lowest BCUT2D eigenvalue weighted by Gasteiger charge is -2.09. The number of anilines is 1. The van der Waals surface area contributed by atoms with E-state index in [-0.39, 0.29) is 10.7 Å². The van der Waals surface area contributed by atoms with E-state index in [4.69, 9.17) is 12.2 Å². The van der Waals surface area contributed by atoms with Crippen molar-refractivity contribution in [3.63, 3.8) is 0 Å². The Bertz CT molecular complexity index is 616. The van der Waals surface area contributed by atoms with Crippen molar-refractivity contribution in [2.75, 3.05) is 5.32 Å². The predicted octanol–water partition coefficient (Wildman–Crippen LogP) is 2.88. The van der Waals surface area contributed by atoms with Crippen LogP contribution in [0, 0.1) is 5.82 Å². The maximum absolute atomic E-state index is 13.4. The van der Waals surface area contributed by atoms with Crippen molar-refractivity contribution < 1.29 is 9.18 Å². The first-order valence-corrected chi connectivity index (χ1v) is 6.45. The topological polar surface area (TPSA) is 41.1 Å². The second-order valence-corrected chi connectivity index (χ2v) is 4.51. The molecule has 1 amide bonds. The number of halogens is 1. The van der Waals surface area contributed by atoms with Crippen LogP contribution in [0.3, 0.4) is 0 Å². The summed E-state index contributed by atoms with van der Waals surface area (Å²) in [5.74, 6) is -1.02. The lowest BCUT2D eigenvalue weighted by atomic mass is 10.2. The van der Waals surface area contributed by atoms with Gasteiger partial charge in [0.2, 0.25) is 0 Å². The average molecular weight is 288 g/mol. The highest BCUT2D eigenvalue weighted by atomic mass is 32.1. The van der Waals surface area contributed by atoms with Gasteiger partial charge in [-0.15, -0.1) is 0 Å². The number of carbonyl (C=O) groups excluding carboxylic acids is 1. The van der Waals surface area contributed by atoms with Gasteiger partial charge in [0.25, 0.3) is 5.91 Å². The average Bonchev–Trinajstić information content (AvgIpc) is 2.48. The van der Waals surface area contributed by atoms with Crippen LogP contribution in [0.2, 0.25) is 0 Å². The molecule has 0 saturated heterocycles. The van der Waals surface area contributed by atoms with E-state index in [1.807, 2.05) is 30.3 Å². The summed E-state index contributed by atoms with van der Waals surface area (Å²) in [7, 11) is 0. The summed E-state index contributed by atoms with van der Waals surface area (Å²) in [6, 6.07) is 15.5. The van der Waals surface area contributed by atoms with Gasteiger partial charge in [0.15, 0.2) is 4.99 Å². The summed E-state index contributed by atoms with van der Waals surface area (Å²) in [5, 5.41) is 5.26. The maximum Gasteiger partial charge on any atom is 0.283 e. The fourth-order valence-electron chi connectivity index (χ4n) is 1.60. The molecule has 2 aromatic rings. The van der Waals surface area contributed by atoms with Crippen LogP contribution in [0.4, 0.5) is 10.1 Å². The third-order valence-electron chi connectivity index (χ3n) is 2.62. The zero-order valence-corrected chi connectivity index (χ0v) is 11.4. The summed E-state index contributed by atoms with van der Waals surface area (Å²) in [6.45, 7) is 0.449. The molecule has 0 radical (unpaired) electrons. The van der Waals surface area contributed by atoms with Crippen molar-refractivity contribution in [3.8, 4) is 0 Å². The molecule has 0 unspecified atom stereocenters. The number of rotatable bonds is 3. The van der Waals surface area contributed by atoms with E-state index >= 15 is 0 Å². The normalized spacial score (nSPS) is 9.85. The second-order valence-electron chi connectivity index (χ2n) is 4.10. The number of nitrogens with one attached hydrogen (secondary N) is 2. The van der Waals surface area contributed by atoms with E-state index < -0.39 is 11.7 Å². The highest BCUT2D eigenvalue weighted by molar-refractivity contribution is 7.82. The molecule has 5 heteroatoms. The second kappa shape index (κ2) is 6.77. The van der Waals surface area contributed by atoms with Gasteiger partial charge < -0.3 is 10.6 Å². The minimum atomic E-state index is -0.527. The summed E-state index contributed by atoms with van der Waals surface area (Å²) in [4.78, 5) is 11.8. The van der Waals surface area contributed by atoms with E-state index in [2.05, 4.69) is 10.6 Å². The van der Waals surface area contributed by atoms with Gasteiger partial charge >= 0.3 is 0 Å². The Morgan fingerprint density at radius 2 is 1.70 bits per heavy atom. The van der Waals surface area contributed by atoms with Gasteiger partial charge in [0, 0.05) is 6.54 Å². The van der Waals surface area contributed by atoms with Crippen LogP contribution in [0.15, 0.2) is 54.6 Å². The fourth-order valence-corrected chi connectivity index (χ4v) is 1.72. The van der Waals surface area contributed by atoms with Crippen molar-refractivity contribution in [1.29, 1.82) is 0 Å². The number of hydrogen-bond donors (Lipinski definition) is 2. The van der Waals surface area contributed by atoms with Crippen LogP contribution in [0.25, 0.3) is 0 Å². The first kappa shape index (κ1) is 14.1. The number of amides is 1. The molecule has 2 N–H and O–H groups in total. The van der Waals surface area contributed by atoms with Crippen LogP contribution >= 0.6 is 12.2 Å². The Morgan fingerprint density at radius 3 is 2.40 bits per heavy atom. The molecule has 0 aliphatic carbocycles. The van der Waals surface area contributed by atoms with Gasteiger partial charge in [-0.25, -0.2) is 4.39 Å². The quantitative estimate of drug-likeness (QED) is 0.853. The van der Waals surface area contributed by atoms with Crippen molar-refractivity contribution in [2.24, 2.45) is 0 Å². The fraction of sp³-hybridized carbons (Fsp3) is 0.0667. The van der Waals surface area contributed by atoms with E-state index in [1.165, 1.54) is 12.1 Å². The summed E-state index contributed by atoms with van der Waals surface area (Å²) in [6.07, 6.45) is 0. The van der Waals surface area contributed by atoms with E-state index in [9.17, 15) is 9.18 Å². The van der Waals surface area contributed by atoms with Crippen LogP contribution < -0.4 is 10.6 Å². The SMILES string of the molecule is O=C(Nc1ccccc1F)C(=S)NCc1ccccc1. The zero-order chi connectivity index (χ0) is 14.4. The molecule has 0 bridgehead atoms. The number of hydrogen-bond acceptors (Lipinski definition) is 2. The smallest absolute Gasteiger partial charge is 0.283 e. The Kier molecular flexibility index (Phi) is 4.79. The van der Waals surface area contributed by atoms with E-state index in [0.717, 1.165) is 5.56 Å². The van der Waals surface area contributed by atoms with Gasteiger partial charge in [-0.05, 0) is 17.7 Å². The summed E-state index contributed by atoms with van der Waals surface area (Å²) >= 11 is 4.97. The van der Waals surface area contributed by atoms with Crippen LogP contribution in [-0.4, -0.2) is 10.9 Å². The van der Waals surface area contributed by atoms with E-state index in [1.54, 1.807) is 12.1 Å². The predicted molar refractivity (Wildman–Crippen MR) is 80.9 cm³/mol. The lowest BCUT2D eigenvalue weighted by molar-refractivity contribution is -0.110. The van der Waals surface area contributed by atoms with Crippen molar-refractivity contribution >= 4 is 28.8 Å². The van der Waals surface area contributed by atoms with Crippen LogP contribution in [-0.2, 0) is 11.3 Å². The van der Waals surface area contributed by atoms with E-state index in [0.29, 0.717) is 6.54 Å². The molecule has 102 valence electrons. The molecule has 0 heterocycles. The first-order valence-electron chi connectivity index (χ1n) is 6.04. The van der Waals surface area contributed by atoms with Crippen LogP contribution in [0.1, 0.15) is 5.56 Å². The summed E-state index contributed by atoms with van der Waals surface area (Å²) < 4.78 is 13.4. The van der Waals surface area contributed by atoms with Gasteiger partial charge in [-0.3, -0.25) is 4.79 Å². The molecule has 0 fully saturated rings.